The molecule has 0 radical (unpaired) electrons. The molecule has 0 unspecified atom stereocenters. The zero-order valence-electron chi connectivity index (χ0n) is 11.0. The van der Waals surface area contributed by atoms with E-state index in [9.17, 15) is 0 Å². The standard InChI is InChI=1S/C16H26/c1-3-5-6-7-8-12-16-14-10-9-13-15(16)11-4-2/h9-10,13-14H,3-8,11-12H2,1-2H3. The van der Waals surface area contributed by atoms with Crippen LogP contribution in [-0.2, 0) is 12.8 Å². The molecule has 0 heteroatoms. The Labute approximate surface area is 101 Å². The Morgan fingerprint density at radius 1 is 0.688 bits per heavy atom. The molecule has 0 aromatic heterocycles. The molecule has 0 heterocycles. The van der Waals surface area contributed by atoms with Gasteiger partial charge in [-0.3, -0.25) is 0 Å². The molecule has 0 aliphatic rings. The highest BCUT2D eigenvalue weighted by Gasteiger charge is 2.00. The summed E-state index contributed by atoms with van der Waals surface area (Å²) in [5.74, 6) is 0. The number of aryl methyl sites for hydroxylation is 2. The molecule has 16 heavy (non-hydrogen) atoms. The number of hydrogen-bond acceptors (Lipinski definition) is 0. The van der Waals surface area contributed by atoms with Gasteiger partial charge in [0.25, 0.3) is 0 Å². The number of rotatable bonds is 8. The summed E-state index contributed by atoms with van der Waals surface area (Å²) in [4.78, 5) is 0. The molecule has 0 atom stereocenters. The molecule has 1 aromatic rings. The van der Waals surface area contributed by atoms with Crippen LogP contribution in [0.5, 0.6) is 0 Å². The van der Waals surface area contributed by atoms with Crippen molar-refractivity contribution in [3.05, 3.63) is 35.4 Å². The molecular formula is C16H26. The largest absolute Gasteiger partial charge is 0.0654 e. The second kappa shape index (κ2) is 8.38. The van der Waals surface area contributed by atoms with Crippen molar-refractivity contribution in [3.63, 3.8) is 0 Å². The summed E-state index contributed by atoms with van der Waals surface area (Å²) < 4.78 is 0. The first-order valence-corrected chi connectivity index (χ1v) is 6.95. The molecule has 0 spiro atoms. The fourth-order valence-electron chi connectivity index (χ4n) is 2.23. The molecule has 0 aliphatic carbocycles. The van der Waals surface area contributed by atoms with Crippen molar-refractivity contribution in [2.45, 2.75) is 65.2 Å². The van der Waals surface area contributed by atoms with Crippen LogP contribution in [-0.4, -0.2) is 0 Å². The van der Waals surface area contributed by atoms with Crippen LogP contribution in [0.15, 0.2) is 24.3 Å². The van der Waals surface area contributed by atoms with Gasteiger partial charge in [0.1, 0.15) is 0 Å². The van der Waals surface area contributed by atoms with Crippen LogP contribution < -0.4 is 0 Å². The SMILES string of the molecule is CCCCCCCc1ccccc1CCC. The lowest BCUT2D eigenvalue weighted by Crippen LogP contribution is -1.94. The lowest BCUT2D eigenvalue weighted by Gasteiger charge is -2.08. The van der Waals surface area contributed by atoms with E-state index in [2.05, 4.69) is 38.1 Å². The van der Waals surface area contributed by atoms with Gasteiger partial charge in [0.15, 0.2) is 0 Å². The van der Waals surface area contributed by atoms with Gasteiger partial charge in [-0.15, -0.1) is 0 Å². The maximum absolute atomic E-state index is 2.31. The molecule has 0 aliphatic heterocycles. The van der Waals surface area contributed by atoms with Gasteiger partial charge >= 0.3 is 0 Å². The molecule has 0 saturated carbocycles. The summed E-state index contributed by atoms with van der Waals surface area (Å²) in [6.07, 6.45) is 10.7. The molecular weight excluding hydrogens is 192 g/mol. The fraction of sp³-hybridized carbons (Fsp3) is 0.625. The normalized spacial score (nSPS) is 10.6. The lowest BCUT2D eigenvalue weighted by atomic mass is 9.98. The molecule has 0 bridgehead atoms. The van der Waals surface area contributed by atoms with Gasteiger partial charge < -0.3 is 0 Å². The van der Waals surface area contributed by atoms with Crippen LogP contribution in [0.25, 0.3) is 0 Å². The van der Waals surface area contributed by atoms with Gasteiger partial charge in [-0.25, -0.2) is 0 Å². The lowest BCUT2D eigenvalue weighted by molar-refractivity contribution is 0.630. The van der Waals surface area contributed by atoms with E-state index >= 15 is 0 Å². The van der Waals surface area contributed by atoms with E-state index in [1.54, 1.807) is 11.1 Å². The first-order chi connectivity index (χ1) is 7.88. The second-order valence-electron chi connectivity index (χ2n) is 4.68. The van der Waals surface area contributed by atoms with Crippen LogP contribution in [0.1, 0.15) is 63.5 Å². The zero-order valence-corrected chi connectivity index (χ0v) is 11.0. The fourth-order valence-corrected chi connectivity index (χ4v) is 2.23. The maximum Gasteiger partial charge on any atom is -0.0276 e. The van der Waals surface area contributed by atoms with Crippen LogP contribution in [0.4, 0.5) is 0 Å². The van der Waals surface area contributed by atoms with Gasteiger partial charge in [-0.05, 0) is 30.4 Å². The third kappa shape index (κ3) is 4.83. The summed E-state index contributed by atoms with van der Waals surface area (Å²) in [5, 5.41) is 0. The molecule has 0 amide bonds. The summed E-state index contributed by atoms with van der Waals surface area (Å²) in [6, 6.07) is 8.96. The number of unbranched alkanes of at least 4 members (excludes halogenated alkanes) is 4. The minimum absolute atomic E-state index is 1.24. The van der Waals surface area contributed by atoms with E-state index in [1.807, 2.05) is 0 Å². The van der Waals surface area contributed by atoms with E-state index in [4.69, 9.17) is 0 Å². The Hall–Kier alpha value is -0.780. The monoisotopic (exact) mass is 218 g/mol. The van der Waals surface area contributed by atoms with E-state index in [0.29, 0.717) is 0 Å². The van der Waals surface area contributed by atoms with E-state index in [1.165, 1.54) is 51.4 Å². The highest BCUT2D eigenvalue weighted by molar-refractivity contribution is 5.27. The van der Waals surface area contributed by atoms with Gasteiger partial charge in [0, 0.05) is 0 Å². The van der Waals surface area contributed by atoms with Gasteiger partial charge in [0.2, 0.25) is 0 Å². The first-order valence-electron chi connectivity index (χ1n) is 6.95. The van der Waals surface area contributed by atoms with Crippen molar-refractivity contribution in [2.24, 2.45) is 0 Å². The maximum atomic E-state index is 2.31. The highest BCUT2D eigenvalue weighted by Crippen LogP contribution is 2.15. The minimum Gasteiger partial charge on any atom is -0.0654 e. The average molecular weight is 218 g/mol. The van der Waals surface area contributed by atoms with E-state index in [0.717, 1.165) is 0 Å². The Morgan fingerprint density at radius 2 is 1.31 bits per heavy atom. The molecule has 0 nitrogen and oxygen atoms in total. The van der Waals surface area contributed by atoms with Crippen molar-refractivity contribution < 1.29 is 0 Å². The van der Waals surface area contributed by atoms with Crippen molar-refractivity contribution in [1.82, 2.24) is 0 Å². The van der Waals surface area contributed by atoms with Crippen LogP contribution in [0.3, 0.4) is 0 Å². The Bertz CT molecular complexity index is 275. The summed E-state index contributed by atoms with van der Waals surface area (Å²) in [6.45, 7) is 4.54. The van der Waals surface area contributed by atoms with Crippen molar-refractivity contribution >= 4 is 0 Å². The quantitative estimate of drug-likeness (QED) is 0.529. The number of hydrogen-bond donors (Lipinski definition) is 0. The van der Waals surface area contributed by atoms with Crippen molar-refractivity contribution in [1.29, 1.82) is 0 Å². The smallest absolute Gasteiger partial charge is 0.0276 e. The third-order valence-electron chi connectivity index (χ3n) is 3.19. The van der Waals surface area contributed by atoms with E-state index in [-0.39, 0.29) is 0 Å². The summed E-state index contributed by atoms with van der Waals surface area (Å²) >= 11 is 0. The van der Waals surface area contributed by atoms with E-state index < -0.39 is 0 Å². The summed E-state index contributed by atoms with van der Waals surface area (Å²) in [5.41, 5.74) is 3.15. The highest BCUT2D eigenvalue weighted by atomic mass is 14.1. The minimum atomic E-state index is 1.24. The summed E-state index contributed by atoms with van der Waals surface area (Å²) in [7, 11) is 0. The Kier molecular flexibility index (Phi) is 6.96. The van der Waals surface area contributed by atoms with Crippen molar-refractivity contribution in [2.75, 3.05) is 0 Å². The molecule has 0 N–H and O–H groups in total. The van der Waals surface area contributed by atoms with Gasteiger partial charge in [-0.1, -0.05) is 70.2 Å². The number of benzene rings is 1. The predicted octanol–water partition coefficient (Wildman–Crippen LogP) is 5.15. The molecule has 1 aromatic carbocycles. The van der Waals surface area contributed by atoms with Gasteiger partial charge in [-0.2, -0.15) is 0 Å². The van der Waals surface area contributed by atoms with Gasteiger partial charge in [0.05, 0.1) is 0 Å². The van der Waals surface area contributed by atoms with Crippen LogP contribution >= 0.6 is 0 Å². The average Bonchev–Trinajstić information content (AvgIpc) is 2.31. The second-order valence-corrected chi connectivity index (χ2v) is 4.68. The topological polar surface area (TPSA) is 0 Å². The van der Waals surface area contributed by atoms with Crippen LogP contribution in [0, 0.1) is 0 Å². The Morgan fingerprint density at radius 3 is 1.94 bits per heavy atom. The molecule has 1 rings (SSSR count). The van der Waals surface area contributed by atoms with Crippen LogP contribution in [0.2, 0.25) is 0 Å². The molecule has 90 valence electrons. The Balaban J connectivity index is 2.34. The third-order valence-corrected chi connectivity index (χ3v) is 3.19. The zero-order chi connectivity index (χ0) is 11.6. The predicted molar refractivity (Wildman–Crippen MR) is 72.9 cm³/mol. The first kappa shape index (κ1) is 13.3. The molecule has 0 fully saturated rings. The van der Waals surface area contributed by atoms with Crippen molar-refractivity contribution in [3.8, 4) is 0 Å². The molecule has 0 saturated heterocycles.